The van der Waals surface area contributed by atoms with Gasteiger partial charge in [0.05, 0.1) is 6.61 Å². The highest BCUT2D eigenvalue weighted by atomic mass is 16.5. The molecule has 5 rings (SSSR count). The number of fused-ring (bicyclic) bond motifs is 2. The van der Waals surface area contributed by atoms with E-state index in [1.807, 2.05) is 0 Å². The molecule has 0 radical (unpaired) electrons. The highest BCUT2D eigenvalue weighted by Gasteiger charge is 2.34. The number of nitrogens with one attached hydrogen (secondary N) is 1. The van der Waals surface area contributed by atoms with E-state index in [1.165, 1.54) is 33.2 Å². The molecule has 1 aliphatic heterocycles. The van der Waals surface area contributed by atoms with Gasteiger partial charge in [-0.2, -0.15) is 0 Å². The molecule has 2 atom stereocenters. The van der Waals surface area contributed by atoms with Crippen LogP contribution in [0.1, 0.15) is 34.1 Å². The summed E-state index contributed by atoms with van der Waals surface area (Å²) >= 11 is 0. The second kappa shape index (κ2) is 6.06. The number of aromatic amines is 1. The molecule has 4 aromatic rings. The fourth-order valence-electron chi connectivity index (χ4n) is 4.26. The van der Waals surface area contributed by atoms with Gasteiger partial charge in [0, 0.05) is 34.5 Å². The van der Waals surface area contributed by atoms with E-state index in [9.17, 15) is 0 Å². The molecule has 0 bridgehead atoms. The number of rotatable bonds is 2. The number of para-hydroxylation sites is 1. The molecule has 0 amide bonds. The maximum absolute atomic E-state index is 6.23. The Morgan fingerprint density at radius 3 is 2.58 bits per heavy atom. The first kappa shape index (κ1) is 15.3. The van der Waals surface area contributed by atoms with Crippen LogP contribution in [0.3, 0.4) is 0 Å². The molecule has 128 valence electrons. The highest BCUT2D eigenvalue weighted by molar-refractivity contribution is 5.84. The minimum atomic E-state index is 0.281. The molecule has 1 aliphatic rings. The summed E-state index contributed by atoms with van der Waals surface area (Å²) < 4.78 is 6.23. The van der Waals surface area contributed by atoms with Crippen molar-refractivity contribution in [2.45, 2.75) is 18.8 Å². The maximum Gasteiger partial charge on any atom is 0.123 e. The van der Waals surface area contributed by atoms with Gasteiger partial charge in [0.25, 0.3) is 0 Å². The van der Waals surface area contributed by atoms with E-state index in [0.29, 0.717) is 12.5 Å². The summed E-state index contributed by atoms with van der Waals surface area (Å²) in [5, 5.41) is 1.29. The quantitative estimate of drug-likeness (QED) is 0.492. The zero-order valence-corrected chi connectivity index (χ0v) is 14.8. The Bertz CT molecular complexity index is 1060. The van der Waals surface area contributed by atoms with Crippen LogP contribution < -0.4 is 4.74 Å². The molecule has 2 nitrogen and oxygen atoms in total. The predicted octanol–water partition coefficient (Wildman–Crippen LogP) is 5.78. The van der Waals surface area contributed by atoms with E-state index in [2.05, 4.69) is 90.9 Å². The Labute approximate surface area is 153 Å². The topological polar surface area (TPSA) is 25.0 Å². The average Bonchev–Trinajstić information content (AvgIpc) is 3.11. The minimum Gasteiger partial charge on any atom is -0.493 e. The van der Waals surface area contributed by atoms with Crippen LogP contribution in [0.25, 0.3) is 10.9 Å². The van der Waals surface area contributed by atoms with Crippen LogP contribution in [0.5, 0.6) is 5.75 Å². The van der Waals surface area contributed by atoms with Crippen LogP contribution in [0.15, 0.2) is 79.0 Å². The monoisotopic (exact) mass is 339 g/mol. The van der Waals surface area contributed by atoms with Crippen molar-refractivity contribution in [3.63, 3.8) is 0 Å². The van der Waals surface area contributed by atoms with Gasteiger partial charge in [-0.15, -0.1) is 0 Å². The molecule has 2 unspecified atom stereocenters. The number of hydrogen-bond donors (Lipinski definition) is 1. The SMILES string of the molecule is Cc1ccc2c(c1)OCC(c1c[nH]c3ccccc13)C2c1ccccc1. The molecule has 0 aliphatic carbocycles. The highest BCUT2D eigenvalue weighted by Crippen LogP contribution is 2.47. The van der Waals surface area contributed by atoms with Crippen molar-refractivity contribution in [1.82, 2.24) is 4.98 Å². The summed E-state index contributed by atoms with van der Waals surface area (Å²) in [4.78, 5) is 3.44. The molecule has 0 saturated carbocycles. The van der Waals surface area contributed by atoms with E-state index in [4.69, 9.17) is 4.74 Å². The number of H-pyrrole nitrogens is 1. The number of ether oxygens (including phenoxy) is 1. The summed E-state index contributed by atoms with van der Waals surface area (Å²) in [7, 11) is 0. The summed E-state index contributed by atoms with van der Waals surface area (Å²) in [5.74, 6) is 1.60. The van der Waals surface area contributed by atoms with Crippen LogP contribution >= 0.6 is 0 Å². The molecule has 26 heavy (non-hydrogen) atoms. The van der Waals surface area contributed by atoms with E-state index in [-0.39, 0.29) is 5.92 Å². The third-order valence-corrected chi connectivity index (χ3v) is 5.50. The molecular formula is C24H21NO. The van der Waals surface area contributed by atoms with Crippen molar-refractivity contribution in [2.75, 3.05) is 6.61 Å². The first-order chi connectivity index (χ1) is 12.8. The second-order valence-corrected chi connectivity index (χ2v) is 7.14. The van der Waals surface area contributed by atoms with Gasteiger partial charge in [-0.25, -0.2) is 0 Å². The molecular weight excluding hydrogens is 318 g/mol. The fourth-order valence-corrected chi connectivity index (χ4v) is 4.26. The molecule has 0 saturated heterocycles. The van der Waals surface area contributed by atoms with Crippen LogP contribution in [0, 0.1) is 6.92 Å². The third-order valence-electron chi connectivity index (χ3n) is 5.50. The number of aromatic nitrogens is 1. The van der Waals surface area contributed by atoms with Crippen LogP contribution in [0.4, 0.5) is 0 Å². The predicted molar refractivity (Wildman–Crippen MR) is 106 cm³/mol. The first-order valence-corrected chi connectivity index (χ1v) is 9.15. The van der Waals surface area contributed by atoms with E-state index in [0.717, 1.165) is 5.75 Å². The lowest BCUT2D eigenvalue weighted by atomic mass is 9.75. The van der Waals surface area contributed by atoms with Gasteiger partial charge >= 0.3 is 0 Å². The smallest absolute Gasteiger partial charge is 0.123 e. The summed E-state index contributed by atoms with van der Waals surface area (Å²) in [6.45, 7) is 2.81. The zero-order chi connectivity index (χ0) is 17.5. The van der Waals surface area contributed by atoms with Gasteiger partial charge in [0.1, 0.15) is 5.75 Å². The van der Waals surface area contributed by atoms with Crippen LogP contribution in [0.2, 0.25) is 0 Å². The summed E-state index contributed by atoms with van der Waals surface area (Å²) in [6, 6.07) is 25.9. The molecule has 3 aromatic carbocycles. The molecule has 0 fully saturated rings. The van der Waals surface area contributed by atoms with Crippen molar-refractivity contribution >= 4 is 10.9 Å². The fraction of sp³-hybridized carbons (Fsp3) is 0.167. The van der Waals surface area contributed by atoms with Crippen LogP contribution in [-0.4, -0.2) is 11.6 Å². The third kappa shape index (κ3) is 2.41. The van der Waals surface area contributed by atoms with Crippen molar-refractivity contribution in [3.8, 4) is 5.75 Å². The molecule has 2 heteroatoms. The van der Waals surface area contributed by atoms with Gasteiger partial charge in [-0.3, -0.25) is 0 Å². The Kier molecular flexibility index (Phi) is 3.56. The van der Waals surface area contributed by atoms with Gasteiger partial charge < -0.3 is 9.72 Å². The lowest BCUT2D eigenvalue weighted by molar-refractivity contribution is 0.249. The van der Waals surface area contributed by atoms with E-state index in [1.54, 1.807) is 0 Å². The van der Waals surface area contributed by atoms with Gasteiger partial charge in [0.2, 0.25) is 0 Å². The van der Waals surface area contributed by atoms with Crippen molar-refractivity contribution in [2.24, 2.45) is 0 Å². The van der Waals surface area contributed by atoms with Gasteiger partial charge in [0.15, 0.2) is 0 Å². The number of benzene rings is 3. The minimum absolute atomic E-state index is 0.281. The van der Waals surface area contributed by atoms with Crippen molar-refractivity contribution in [3.05, 3.63) is 101 Å². The van der Waals surface area contributed by atoms with Gasteiger partial charge in [-0.05, 0) is 35.7 Å². The molecule has 2 heterocycles. The maximum atomic E-state index is 6.23. The van der Waals surface area contributed by atoms with Crippen molar-refractivity contribution in [1.29, 1.82) is 0 Å². The zero-order valence-electron chi connectivity index (χ0n) is 14.8. The molecule has 1 aromatic heterocycles. The standard InChI is InChI=1S/C24H21NO/c1-16-11-12-19-23(13-16)26-15-21(24(19)17-7-3-2-4-8-17)20-14-25-22-10-6-5-9-18(20)22/h2-14,21,24-25H,15H2,1H3. The second-order valence-electron chi connectivity index (χ2n) is 7.14. The summed E-state index contributed by atoms with van der Waals surface area (Å²) in [6.07, 6.45) is 2.16. The van der Waals surface area contributed by atoms with Crippen molar-refractivity contribution < 1.29 is 4.74 Å². The lowest BCUT2D eigenvalue weighted by Crippen LogP contribution is -2.25. The normalized spacial score (nSPS) is 19.1. The first-order valence-electron chi connectivity index (χ1n) is 9.15. The molecule has 0 spiro atoms. The number of hydrogen-bond acceptors (Lipinski definition) is 1. The Morgan fingerprint density at radius 1 is 0.885 bits per heavy atom. The number of aryl methyl sites for hydroxylation is 1. The Morgan fingerprint density at radius 2 is 1.69 bits per heavy atom. The van der Waals surface area contributed by atoms with Gasteiger partial charge in [-0.1, -0.05) is 60.7 Å². The Hall–Kier alpha value is -3.00. The summed E-state index contributed by atoms with van der Waals surface area (Å²) in [5.41, 5.74) is 6.38. The molecule has 1 N–H and O–H groups in total. The van der Waals surface area contributed by atoms with Crippen LogP contribution in [-0.2, 0) is 0 Å². The van der Waals surface area contributed by atoms with E-state index >= 15 is 0 Å². The lowest BCUT2D eigenvalue weighted by Gasteiger charge is -2.34. The largest absolute Gasteiger partial charge is 0.493 e. The Balaban J connectivity index is 1.70. The van der Waals surface area contributed by atoms with E-state index < -0.39 is 0 Å². The average molecular weight is 339 g/mol.